The highest BCUT2D eigenvalue weighted by Crippen LogP contribution is 2.22. The number of rotatable bonds is 6. The molecule has 1 atom stereocenters. The van der Waals surface area contributed by atoms with E-state index in [0.717, 1.165) is 0 Å². The smallest absolute Gasteiger partial charge is 0.263 e. The topological polar surface area (TPSA) is 98.7 Å². The number of primary amides is 1. The average Bonchev–Trinajstić information content (AvgIpc) is 2.41. The first-order valence-corrected chi connectivity index (χ1v) is 6.55. The van der Waals surface area contributed by atoms with Gasteiger partial charge in [-0.1, -0.05) is 0 Å². The van der Waals surface area contributed by atoms with Crippen molar-refractivity contribution in [2.45, 2.75) is 26.9 Å². The van der Waals surface area contributed by atoms with Crippen LogP contribution in [-0.4, -0.2) is 35.9 Å². The second kappa shape index (κ2) is 6.79. The molecular weight excluding hydrogens is 258 g/mol. The molecule has 0 aromatic heterocycles. The van der Waals surface area contributed by atoms with Gasteiger partial charge in [-0.15, -0.1) is 0 Å². The largest absolute Gasteiger partial charge is 0.480 e. The first kappa shape index (κ1) is 15.8. The number of nitrogens with zero attached hydrogens (tertiary/aromatic N) is 1. The van der Waals surface area contributed by atoms with E-state index in [4.69, 9.17) is 16.2 Å². The number of anilines is 1. The molecule has 0 bridgehead atoms. The monoisotopic (exact) mass is 279 g/mol. The molecule has 110 valence electrons. The van der Waals surface area contributed by atoms with Gasteiger partial charge in [0, 0.05) is 18.8 Å². The molecule has 1 aromatic carbocycles. The highest BCUT2D eigenvalue weighted by molar-refractivity contribution is 5.96. The zero-order valence-corrected chi connectivity index (χ0v) is 12.1. The molecule has 1 aromatic rings. The SMILES string of the molecule is CCN(CC)C(=O)C(C)Oc1ccc(N)cc1C(N)=O. The summed E-state index contributed by atoms with van der Waals surface area (Å²) in [5.41, 5.74) is 11.5. The number of hydrogen-bond donors (Lipinski definition) is 2. The Bertz CT molecular complexity index is 498. The van der Waals surface area contributed by atoms with Crippen LogP contribution >= 0.6 is 0 Å². The van der Waals surface area contributed by atoms with Crippen LogP contribution in [-0.2, 0) is 4.79 Å². The third kappa shape index (κ3) is 3.63. The summed E-state index contributed by atoms with van der Waals surface area (Å²) in [5, 5.41) is 0. The molecule has 0 radical (unpaired) electrons. The van der Waals surface area contributed by atoms with Crippen molar-refractivity contribution in [3.63, 3.8) is 0 Å². The van der Waals surface area contributed by atoms with Gasteiger partial charge in [-0.3, -0.25) is 9.59 Å². The minimum absolute atomic E-state index is 0.137. The van der Waals surface area contributed by atoms with Crippen LogP contribution in [0.15, 0.2) is 18.2 Å². The molecule has 6 heteroatoms. The number of hydrogen-bond acceptors (Lipinski definition) is 4. The molecule has 0 aliphatic rings. The maximum Gasteiger partial charge on any atom is 0.263 e. The summed E-state index contributed by atoms with van der Waals surface area (Å²) in [6, 6.07) is 4.57. The second-order valence-corrected chi connectivity index (χ2v) is 4.39. The Labute approximate surface area is 118 Å². The number of ether oxygens (including phenoxy) is 1. The van der Waals surface area contributed by atoms with Gasteiger partial charge in [-0.25, -0.2) is 0 Å². The number of nitrogen functional groups attached to an aromatic ring is 1. The van der Waals surface area contributed by atoms with Crippen molar-refractivity contribution in [2.75, 3.05) is 18.8 Å². The van der Waals surface area contributed by atoms with Crippen LogP contribution < -0.4 is 16.2 Å². The van der Waals surface area contributed by atoms with Gasteiger partial charge in [-0.2, -0.15) is 0 Å². The Balaban J connectivity index is 2.93. The van der Waals surface area contributed by atoms with E-state index in [9.17, 15) is 9.59 Å². The van der Waals surface area contributed by atoms with Crippen molar-refractivity contribution in [3.05, 3.63) is 23.8 Å². The van der Waals surface area contributed by atoms with E-state index in [-0.39, 0.29) is 17.2 Å². The van der Waals surface area contributed by atoms with Gasteiger partial charge >= 0.3 is 0 Å². The van der Waals surface area contributed by atoms with Gasteiger partial charge in [0.15, 0.2) is 6.10 Å². The summed E-state index contributed by atoms with van der Waals surface area (Å²) >= 11 is 0. The van der Waals surface area contributed by atoms with E-state index in [2.05, 4.69) is 0 Å². The summed E-state index contributed by atoms with van der Waals surface area (Å²) < 4.78 is 5.56. The first-order valence-electron chi connectivity index (χ1n) is 6.55. The van der Waals surface area contributed by atoms with Gasteiger partial charge in [0.05, 0.1) is 5.56 Å². The Kier molecular flexibility index (Phi) is 5.37. The van der Waals surface area contributed by atoms with Crippen LogP contribution in [0.25, 0.3) is 0 Å². The summed E-state index contributed by atoms with van der Waals surface area (Å²) in [6.45, 7) is 6.64. The molecule has 6 nitrogen and oxygen atoms in total. The standard InChI is InChI=1S/C14H21N3O3/c1-4-17(5-2)14(19)9(3)20-12-7-6-10(15)8-11(12)13(16)18/h6-9H,4-5,15H2,1-3H3,(H2,16,18). The van der Waals surface area contributed by atoms with Crippen molar-refractivity contribution in [1.29, 1.82) is 0 Å². The molecule has 2 amide bonds. The molecule has 0 saturated heterocycles. The highest BCUT2D eigenvalue weighted by Gasteiger charge is 2.21. The van der Waals surface area contributed by atoms with Crippen LogP contribution in [0.4, 0.5) is 5.69 Å². The van der Waals surface area contributed by atoms with Crippen LogP contribution in [0.2, 0.25) is 0 Å². The maximum atomic E-state index is 12.1. The fourth-order valence-electron chi connectivity index (χ4n) is 1.88. The fourth-order valence-corrected chi connectivity index (χ4v) is 1.88. The lowest BCUT2D eigenvalue weighted by atomic mass is 10.1. The number of likely N-dealkylation sites (N-methyl/N-ethyl adjacent to an activating group) is 1. The maximum absolute atomic E-state index is 12.1. The van der Waals surface area contributed by atoms with E-state index in [0.29, 0.717) is 18.8 Å². The fraction of sp³-hybridized carbons (Fsp3) is 0.429. The predicted octanol–water partition coefficient (Wildman–Crippen LogP) is 1.00. The number of amides is 2. The molecule has 20 heavy (non-hydrogen) atoms. The molecule has 1 rings (SSSR count). The molecule has 0 spiro atoms. The van der Waals surface area contributed by atoms with E-state index in [1.807, 2.05) is 13.8 Å². The summed E-state index contributed by atoms with van der Waals surface area (Å²) in [5.74, 6) is -0.517. The summed E-state index contributed by atoms with van der Waals surface area (Å²) in [4.78, 5) is 25.1. The minimum Gasteiger partial charge on any atom is -0.480 e. The van der Waals surface area contributed by atoms with Crippen molar-refractivity contribution in [1.82, 2.24) is 4.90 Å². The average molecular weight is 279 g/mol. The molecule has 0 fully saturated rings. The summed E-state index contributed by atoms with van der Waals surface area (Å²) in [6.07, 6.45) is -0.698. The van der Waals surface area contributed by atoms with Gasteiger partial charge in [0.25, 0.3) is 11.8 Å². The van der Waals surface area contributed by atoms with Crippen LogP contribution in [0.1, 0.15) is 31.1 Å². The lowest BCUT2D eigenvalue weighted by molar-refractivity contribution is -0.137. The van der Waals surface area contributed by atoms with Crippen LogP contribution in [0, 0.1) is 0 Å². The van der Waals surface area contributed by atoms with Crippen LogP contribution in [0.3, 0.4) is 0 Å². The zero-order chi connectivity index (χ0) is 15.3. The third-order valence-corrected chi connectivity index (χ3v) is 3.00. The normalized spacial score (nSPS) is 11.8. The predicted molar refractivity (Wildman–Crippen MR) is 77.4 cm³/mol. The molecule has 0 aliphatic carbocycles. The molecular formula is C14H21N3O3. The molecule has 4 N–H and O–H groups in total. The Morgan fingerprint density at radius 2 is 1.90 bits per heavy atom. The zero-order valence-electron chi connectivity index (χ0n) is 12.1. The van der Waals surface area contributed by atoms with E-state index in [1.54, 1.807) is 24.0 Å². The van der Waals surface area contributed by atoms with E-state index >= 15 is 0 Å². The minimum atomic E-state index is -0.698. The van der Waals surface area contributed by atoms with Crippen molar-refractivity contribution >= 4 is 17.5 Å². The second-order valence-electron chi connectivity index (χ2n) is 4.39. The van der Waals surface area contributed by atoms with Gasteiger partial charge in [0.1, 0.15) is 5.75 Å². The van der Waals surface area contributed by atoms with E-state index in [1.165, 1.54) is 6.07 Å². The Morgan fingerprint density at radius 1 is 1.30 bits per heavy atom. The quantitative estimate of drug-likeness (QED) is 0.759. The van der Waals surface area contributed by atoms with Gasteiger partial charge in [0.2, 0.25) is 0 Å². The summed E-state index contributed by atoms with van der Waals surface area (Å²) in [7, 11) is 0. The van der Waals surface area contributed by atoms with Gasteiger partial charge < -0.3 is 21.1 Å². The van der Waals surface area contributed by atoms with Gasteiger partial charge in [-0.05, 0) is 39.0 Å². The molecule has 1 unspecified atom stereocenters. The van der Waals surface area contributed by atoms with Crippen molar-refractivity contribution in [2.24, 2.45) is 5.73 Å². The van der Waals surface area contributed by atoms with Crippen LogP contribution in [0.5, 0.6) is 5.75 Å². The number of benzene rings is 1. The lowest BCUT2D eigenvalue weighted by Crippen LogP contribution is -2.40. The highest BCUT2D eigenvalue weighted by atomic mass is 16.5. The van der Waals surface area contributed by atoms with E-state index < -0.39 is 12.0 Å². The molecule has 0 heterocycles. The number of nitrogens with two attached hydrogens (primary N) is 2. The van der Waals surface area contributed by atoms with Crippen molar-refractivity contribution < 1.29 is 14.3 Å². The molecule has 0 saturated carbocycles. The first-order chi connectivity index (χ1) is 9.40. The Hall–Kier alpha value is -2.24. The third-order valence-electron chi connectivity index (χ3n) is 3.00. The Morgan fingerprint density at radius 3 is 2.40 bits per heavy atom. The van der Waals surface area contributed by atoms with Crippen molar-refractivity contribution in [3.8, 4) is 5.75 Å². The number of carbonyl (C=O) groups is 2. The number of carbonyl (C=O) groups excluding carboxylic acids is 2. The molecule has 0 aliphatic heterocycles. The lowest BCUT2D eigenvalue weighted by Gasteiger charge is -2.24.